The van der Waals surface area contributed by atoms with Crippen LogP contribution in [0, 0.1) is 31.5 Å². The summed E-state index contributed by atoms with van der Waals surface area (Å²) in [7, 11) is 0. The number of aryl methyl sites for hydroxylation is 2. The quantitative estimate of drug-likeness (QED) is 0.665. The Hall–Kier alpha value is -3.39. The van der Waals surface area contributed by atoms with Crippen LogP contribution in [0.2, 0.25) is 0 Å². The van der Waals surface area contributed by atoms with Crippen LogP contribution in [-0.4, -0.2) is 45.0 Å². The number of nitrogens with one attached hydrogen (secondary N) is 1. The highest BCUT2D eigenvalue weighted by atomic mass is 19.1. The van der Waals surface area contributed by atoms with Gasteiger partial charge in [-0.15, -0.1) is 0 Å². The summed E-state index contributed by atoms with van der Waals surface area (Å²) in [5.74, 6) is -0.168. The molecule has 8 heteroatoms. The Morgan fingerprint density at radius 3 is 2.79 bits per heavy atom. The number of amides is 1. The lowest BCUT2D eigenvalue weighted by Gasteiger charge is -2.29. The zero-order valence-electron chi connectivity index (χ0n) is 18.7. The fourth-order valence-corrected chi connectivity index (χ4v) is 5.12. The molecule has 1 aromatic carbocycles. The summed E-state index contributed by atoms with van der Waals surface area (Å²) in [5, 5.41) is 3.39. The van der Waals surface area contributed by atoms with E-state index in [2.05, 4.69) is 15.3 Å². The van der Waals surface area contributed by atoms with Crippen molar-refractivity contribution in [2.75, 3.05) is 19.6 Å². The summed E-state index contributed by atoms with van der Waals surface area (Å²) in [6, 6.07) is 7.95. The molecule has 7 nitrogen and oxygen atoms in total. The Kier molecular flexibility index (Phi) is 5.54. The van der Waals surface area contributed by atoms with Crippen molar-refractivity contribution in [1.29, 1.82) is 0 Å². The number of benzene rings is 1. The van der Waals surface area contributed by atoms with Gasteiger partial charge in [-0.2, -0.15) is 0 Å². The van der Waals surface area contributed by atoms with E-state index in [-0.39, 0.29) is 47.3 Å². The molecule has 3 atom stereocenters. The number of fused-ring (bicyclic) bond motifs is 1. The van der Waals surface area contributed by atoms with Crippen LogP contribution in [0.3, 0.4) is 0 Å². The number of rotatable bonds is 4. The summed E-state index contributed by atoms with van der Waals surface area (Å²) in [4.78, 5) is 37.5. The van der Waals surface area contributed by atoms with Gasteiger partial charge in [0.1, 0.15) is 11.4 Å². The fourth-order valence-electron chi connectivity index (χ4n) is 5.12. The maximum Gasteiger partial charge on any atom is 0.264 e. The molecule has 33 heavy (non-hydrogen) atoms. The fraction of sp³-hybridized carbons (Fsp3) is 0.360. The van der Waals surface area contributed by atoms with Gasteiger partial charge in [0.05, 0.1) is 30.2 Å². The molecule has 2 fully saturated rings. The van der Waals surface area contributed by atoms with E-state index >= 15 is 0 Å². The van der Waals surface area contributed by atoms with Gasteiger partial charge in [0, 0.05) is 37.9 Å². The van der Waals surface area contributed by atoms with Crippen LogP contribution in [0.1, 0.15) is 38.9 Å². The molecule has 3 aromatic rings. The molecule has 0 bridgehead atoms. The van der Waals surface area contributed by atoms with E-state index in [1.807, 2.05) is 13.0 Å². The third-order valence-corrected chi connectivity index (χ3v) is 6.77. The Morgan fingerprint density at radius 2 is 2.03 bits per heavy atom. The summed E-state index contributed by atoms with van der Waals surface area (Å²) >= 11 is 0. The number of likely N-dealkylation sites (tertiary alicyclic amines) is 1. The highest BCUT2D eigenvalue weighted by Gasteiger charge is 2.47. The second kappa shape index (κ2) is 8.51. The van der Waals surface area contributed by atoms with Gasteiger partial charge in [-0.25, -0.2) is 4.39 Å². The highest BCUT2D eigenvalue weighted by molar-refractivity contribution is 5.95. The van der Waals surface area contributed by atoms with E-state index < -0.39 is 0 Å². The first-order valence-corrected chi connectivity index (χ1v) is 11.2. The molecule has 2 saturated heterocycles. The second-order valence-corrected chi connectivity index (χ2v) is 9.00. The minimum Gasteiger partial charge on any atom is -0.331 e. The molecule has 170 valence electrons. The maximum absolute atomic E-state index is 14.0. The van der Waals surface area contributed by atoms with E-state index in [9.17, 15) is 14.0 Å². The smallest absolute Gasteiger partial charge is 0.264 e. The molecule has 2 aromatic heterocycles. The largest absolute Gasteiger partial charge is 0.331 e. The first-order chi connectivity index (χ1) is 15.9. The minimum absolute atomic E-state index is 0.159. The molecule has 1 N–H and O–H groups in total. The van der Waals surface area contributed by atoms with Crippen LogP contribution >= 0.6 is 0 Å². The van der Waals surface area contributed by atoms with Crippen LogP contribution in [0.4, 0.5) is 4.39 Å². The van der Waals surface area contributed by atoms with Crippen molar-refractivity contribution in [2.24, 2.45) is 11.8 Å². The summed E-state index contributed by atoms with van der Waals surface area (Å²) < 4.78 is 15.5. The van der Waals surface area contributed by atoms with E-state index in [0.717, 1.165) is 24.3 Å². The molecule has 5 rings (SSSR count). The number of nitrogens with zero attached hydrogens (tertiary/aromatic N) is 4. The van der Waals surface area contributed by atoms with Crippen LogP contribution in [0.25, 0.3) is 0 Å². The van der Waals surface area contributed by atoms with E-state index in [1.54, 1.807) is 42.5 Å². The normalized spacial score (nSPS) is 21.9. The van der Waals surface area contributed by atoms with Crippen LogP contribution in [-0.2, 0) is 6.54 Å². The van der Waals surface area contributed by atoms with E-state index in [4.69, 9.17) is 0 Å². The van der Waals surface area contributed by atoms with Crippen molar-refractivity contribution < 1.29 is 9.18 Å². The van der Waals surface area contributed by atoms with Crippen molar-refractivity contribution >= 4 is 5.91 Å². The lowest BCUT2D eigenvalue weighted by molar-refractivity contribution is 0.0710. The Bertz CT molecular complexity index is 1260. The molecule has 0 aliphatic carbocycles. The number of pyridine rings is 1. The van der Waals surface area contributed by atoms with Crippen LogP contribution < -0.4 is 10.9 Å². The van der Waals surface area contributed by atoms with Gasteiger partial charge in [-0.05, 0) is 49.1 Å². The zero-order valence-corrected chi connectivity index (χ0v) is 18.7. The molecule has 0 spiro atoms. The Morgan fingerprint density at radius 1 is 1.18 bits per heavy atom. The van der Waals surface area contributed by atoms with Gasteiger partial charge >= 0.3 is 0 Å². The minimum atomic E-state index is -0.351. The molecule has 0 unspecified atom stereocenters. The number of carbonyl (C=O) groups is 1. The maximum atomic E-state index is 14.0. The number of aromatic nitrogens is 3. The SMILES string of the molecule is Cc1cnc(Cn2ccc(C)c(C(=O)N3C[C@@H]4CNC[C@@H]4[C@H]3c3cccc(F)c3)c2=O)cn1. The molecule has 2 aliphatic heterocycles. The number of hydrogen-bond donors (Lipinski definition) is 1. The highest BCUT2D eigenvalue weighted by Crippen LogP contribution is 2.43. The van der Waals surface area contributed by atoms with Crippen LogP contribution in [0.15, 0.2) is 53.7 Å². The molecule has 4 heterocycles. The third-order valence-electron chi connectivity index (χ3n) is 6.77. The molecule has 2 aliphatic rings. The Labute approximate surface area is 191 Å². The van der Waals surface area contributed by atoms with Gasteiger partial charge < -0.3 is 14.8 Å². The molecular weight excluding hydrogens is 421 g/mol. The first-order valence-electron chi connectivity index (χ1n) is 11.2. The lowest BCUT2D eigenvalue weighted by atomic mass is 9.89. The molecular formula is C25H26FN5O2. The summed E-state index contributed by atoms with van der Waals surface area (Å²) in [6.07, 6.45) is 4.97. The van der Waals surface area contributed by atoms with Crippen molar-refractivity contribution in [1.82, 2.24) is 24.8 Å². The van der Waals surface area contributed by atoms with Crippen molar-refractivity contribution in [3.05, 3.63) is 93.2 Å². The van der Waals surface area contributed by atoms with E-state index in [0.29, 0.717) is 17.8 Å². The summed E-state index contributed by atoms with van der Waals surface area (Å²) in [5.41, 5.74) is 2.64. The topological polar surface area (TPSA) is 80.1 Å². The number of halogens is 1. The van der Waals surface area contributed by atoms with E-state index in [1.165, 1.54) is 16.7 Å². The molecule has 0 saturated carbocycles. The predicted octanol–water partition coefficient (Wildman–Crippen LogP) is 2.48. The van der Waals surface area contributed by atoms with Crippen molar-refractivity contribution in [2.45, 2.75) is 26.4 Å². The number of hydrogen-bond acceptors (Lipinski definition) is 5. The molecule has 1 amide bonds. The Balaban J connectivity index is 1.51. The monoisotopic (exact) mass is 447 g/mol. The van der Waals surface area contributed by atoms with Gasteiger partial charge in [-0.1, -0.05) is 12.1 Å². The molecule has 0 radical (unpaired) electrons. The predicted molar refractivity (Wildman–Crippen MR) is 121 cm³/mol. The third kappa shape index (κ3) is 3.95. The van der Waals surface area contributed by atoms with Crippen molar-refractivity contribution in [3.63, 3.8) is 0 Å². The number of carbonyl (C=O) groups excluding carboxylic acids is 1. The zero-order chi connectivity index (χ0) is 23.1. The standard InChI is InChI=1S/C25H26FN5O2/c1-15-6-7-30(14-20-11-28-16(2)9-29-20)24(32)22(15)25(33)31-13-18-10-27-12-21(18)23(31)17-4-3-5-19(26)8-17/h3-9,11,18,21,23,27H,10,12-14H2,1-2H3/t18-,21-,23+/m0/s1. The van der Waals surface area contributed by atoms with Crippen molar-refractivity contribution in [3.8, 4) is 0 Å². The van der Waals surface area contributed by atoms with Gasteiger partial charge in [0.2, 0.25) is 0 Å². The lowest BCUT2D eigenvalue weighted by Crippen LogP contribution is -2.39. The van der Waals surface area contributed by atoms with Gasteiger partial charge in [-0.3, -0.25) is 19.6 Å². The second-order valence-electron chi connectivity index (χ2n) is 9.00. The summed E-state index contributed by atoms with van der Waals surface area (Å²) in [6.45, 7) is 5.97. The van der Waals surface area contributed by atoms with Gasteiger partial charge in [0.25, 0.3) is 11.5 Å². The first kappa shape index (κ1) is 21.5. The average Bonchev–Trinajstić information content (AvgIpc) is 3.38. The average molecular weight is 448 g/mol. The van der Waals surface area contributed by atoms with Gasteiger partial charge in [0.15, 0.2) is 0 Å². The van der Waals surface area contributed by atoms with Crippen LogP contribution in [0.5, 0.6) is 0 Å².